The second-order valence-corrected chi connectivity index (χ2v) is 9.10. The molecule has 2 amide bonds. The van der Waals surface area contributed by atoms with Crippen LogP contribution in [-0.4, -0.2) is 72.6 Å². The molecule has 0 saturated carbocycles. The van der Waals surface area contributed by atoms with Crippen molar-refractivity contribution in [3.05, 3.63) is 82.6 Å². The molecule has 7 nitrogen and oxygen atoms in total. The largest absolute Gasteiger partial charge is 0.463 e. The molecule has 0 aliphatic carbocycles. The Morgan fingerprint density at radius 3 is 2.20 bits per heavy atom. The number of carbonyl (C=O) groups excluding carboxylic acids is 2. The first kappa shape index (κ1) is 24.9. The third kappa shape index (κ3) is 5.74. The zero-order valence-corrected chi connectivity index (χ0v) is 21.0. The van der Waals surface area contributed by atoms with Crippen molar-refractivity contribution in [3.63, 3.8) is 0 Å². The summed E-state index contributed by atoms with van der Waals surface area (Å²) in [7, 11) is 0. The van der Waals surface area contributed by atoms with Crippen LogP contribution in [0.3, 0.4) is 0 Å². The van der Waals surface area contributed by atoms with Gasteiger partial charge in [0.25, 0.3) is 0 Å². The molecule has 1 saturated heterocycles. The van der Waals surface area contributed by atoms with E-state index >= 15 is 0 Å². The van der Waals surface area contributed by atoms with Gasteiger partial charge in [-0.15, -0.1) is 0 Å². The standard InChI is InChI=1S/C28H36N4O3/c1-4-32-24(20-31-17-15-30(16-18-31)19-23-14-10-9-11-21(23)3)25(27(33)35-5-2)26(29-28(32)34)22-12-7-6-8-13-22/h6-14,26H,4-5,15-20H2,1-3H3,(H,29,34)/t26-/m1/s1. The number of urea groups is 1. The van der Waals surface area contributed by atoms with Crippen LogP contribution in [0.15, 0.2) is 65.9 Å². The van der Waals surface area contributed by atoms with Gasteiger partial charge in [-0.3, -0.25) is 14.7 Å². The van der Waals surface area contributed by atoms with Crippen molar-refractivity contribution in [1.29, 1.82) is 0 Å². The van der Waals surface area contributed by atoms with E-state index in [0.717, 1.165) is 44.0 Å². The van der Waals surface area contributed by atoms with Crippen LogP contribution in [0.2, 0.25) is 0 Å². The lowest BCUT2D eigenvalue weighted by Gasteiger charge is -2.40. The monoisotopic (exact) mass is 476 g/mol. The third-order valence-electron chi connectivity index (χ3n) is 6.88. The number of piperazine rings is 1. The summed E-state index contributed by atoms with van der Waals surface area (Å²) in [6, 6.07) is 17.5. The fourth-order valence-corrected chi connectivity index (χ4v) is 4.90. The molecule has 0 aromatic heterocycles. The molecule has 0 bridgehead atoms. The molecule has 2 aromatic carbocycles. The number of esters is 1. The maximum absolute atomic E-state index is 13.2. The van der Waals surface area contributed by atoms with Gasteiger partial charge in [-0.25, -0.2) is 9.59 Å². The Kier molecular flexibility index (Phi) is 8.21. The molecule has 186 valence electrons. The molecule has 2 aliphatic heterocycles. The Bertz CT molecular complexity index is 1060. The molecule has 1 fully saturated rings. The summed E-state index contributed by atoms with van der Waals surface area (Å²) < 4.78 is 5.47. The highest BCUT2D eigenvalue weighted by molar-refractivity contribution is 5.95. The second-order valence-electron chi connectivity index (χ2n) is 9.10. The normalized spacial score (nSPS) is 19.6. The van der Waals surface area contributed by atoms with Gasteiger partial charge in [-0.05, 0) is 37.5 Å². The number of ether oxygens (including phenoxy) is 1. The van der Waals surface area contributed by atoms with E-state index in [2.05, 4.69) is 46.3 Å². The third-order valence-corrected chi connectivity index (χ3v) is 6.88. The lowest BCUT2D eigenvalue weighted by atomic mass is 9.94. The van der Waals surface area contributed by atoms with E-state index in [1.807, 2.05) is 44.2 Å². The van der Waals surface area contributed by atoms with Gasteiger partial charge in [0.05, 0.1) is 18.2 Å². The molecule has 0 unspecified atom stereocenters. The van der Waals surface area contributed by atoms with Crippen LogP contribution < -0.4 is 5.32 Å². The van der Waals surface area contributed by atoms with Crippen molar-refractivity contribution in [3.8, 4) is 0 Å². The van der Waals surface area contributed by atoms with E-state index < -0.39 is 6.04 Å². The van der Waals surface area contributed by atoms with Crippen molar-refractivity contribution in [1.82, 2.24) is 20.0 Å². The van der Waals surface area contributed by atoms with E-state index in [1.165, 1.54) is 11.1 Å². The van der Waals surface area contributed by atoms with Crippen molar-refractivity contribution in [2.75, 3.05) is 45.9 Å². The number of nitrogens with zero attached hydrogens (tertiary/aromatic N) is 3. The van der Waals surface area contributed by atoms with Gasteiger partial charge < -0.3 is 10.1 Å². The molecular formula is C28H36N4O3. The van der Waals surface area contributed by atoms with Gasteiger partial charge in [0.2, 0.25) is 0 Å². The average Bonchev–Trinajstić information content (AvgIpc) is 2.87. The number of carbonyl (C=O) groups is 2. The minimum Gasteiger partial charge on any atom is -0.463 e. The molecule has 7 heteroatoms. The molecule has 1 atom stereocenters. The summed E-state index contributed by atoms with van der Waals surface area (Å²) >= 11 is 0. The van der Waals surface area contributed by atoms with E-state index in [-0.39, 0.29) is 18.6 Å². The van der Waals surface area contributed by atoms with Crippen LogP contribution in [0.25, 0.3) is 0 Å². The first-order valence-corrected chi connectivity index (χ1v) is 12.5. The van der Waals surface area contributed by atoms with Crippen LogP contribution >= 0.6 is 0 Å². The maximum atomic E-state index is 13.2. The van der Waals surface area contributed by atoms with E-state index in [1.54, 1.807) is 4.90 Å². The topological polar surface area (TPSA) is 65.1 Å². The smallest absolute Gasteiger partial charge is 0.338 e. The molecule has 1 N–H and O–H groups in total. The quantitative estimate of drug-likeness (QED) is 0.589. The Hall–Kier alpha value is -3.16. The van der Waals surface area contributed by atoms with Gasteiger partial charge in [-0.2, -0.15) is 0 Å². The second kappa shape index (κ2) is 11.5. The van der Waals surface area contributed by atoms with Crippen molar-refractivity contribution < 1.29 is 14.3 Å². The number of rotatable bonds is 8. The fraction of sp³-hybridized carbons (Fsp3) is 0.429. The van der Waals surface area contributed by atoms with Gasteiger partial charge in [0.1, 0.15) is 0 Å². The summed E-state index contributed by atoms with van der Waals surface area (Å²) in [6.07, 6.45) is 0. The Morgan fingerprint density at radius 2 is 1.57 bits per heavy atom. The highest BCUT2D eigenvalue weighted by Gasteiger charge is 2.38. The predicted molar refractivity (Wildman–Crippen MR) is 137 cm³/mol. The summed E-state index contributed by atoms with van der Waals surface area (Å²) in [5.74, 6) is -0.368. The molecule has 35 heavy (non-hydrogen) atoms. The minimum absolute atomic E-state index is 0.178. The number of likely N-dealkylation sites (N-methyl/N-ethyl adjacent to an activating group) is 1. The molecule has 4 rings (SSSR count). The number of nitrogens with one attached hydrogen (secondary N) is 1. The first-order valence-electron chi connectivity index (χ1n) is 12.5. The molecule has 0 radical (unpaired) electrons. The number of aryl methyl sites for hydroxylation is 1. The summed E-state index contributed by atoms with van der Waals surface area (Å²) in [4.78, 5) is 32.8. The summed E-state index contributed by atoms with van der Waals surface area (Å²) in [6.45, 7) is 11.8. The minimum atomic E-state index is -0.525. The van der Waals surface area contributed by atoms with E-state index in [9.17, 15) is 9.59 Å². The van der Waals surface area contributed by atoms with E-state index in [0.29, 0.717) is 18.7 Å². The maximum Gasteiger partial charge on any atom is 0.338 e. The van der Waals surface area contributed by atoms with Gasteiger partial charge in [-0.1, -0.05) is 54.6 Å². The van der Waals surface area contributed by atoms with Crippen LogP contribution in [-0.2, 0) is 16.1 Å². The van der Waals surface area contributed by atoms with Crippen molar-refractivity contribution in [2.45, 2.75) is 33.4 Å². The SMILES string of the molecule is CCOC(=O)C1=C(CN2CCN(Cc3ccccc3C)CC2)N(CC)C(=O)N[C@@H]1c1ccccc1. The number of hydrogen-bond donors (Lipinski definition) is 1. The average molecular weight is 477 g/mol. The Labute approximate surface area is 208 Å². The van der Waals surface area contributed by atoms with Crippen molar-refractivity contribution in [2.24, 2.45) is 0 Å². The summed E-state index contributed by atoms with van der Waals surface area (Å²) in [5.41, 5.74) is 4.83. The molecule has 2 aliphatic rings. The van der Waals surface area contributed by atoms with E-state index in [4.69, 9.17) is 4.74 Å². The number of hydrogen-bond acceptors (Lipinski definition) is 5. The van der Waals surface area contributed by atoms with Crippen LogP contribution in [0, 0.1) is 6.92 Å². The molecule has 2 heterocycles. The zero-order valence-electron chi connectivity index (χ0n) is 21.0. The Balaban J connectivity index is 1.56. The van der Waals surface area contributed by atoms with Gasteiger partial charge in [0, 0.05) is 51.5 Å². The lowest BCUT2D eigenvalue weighted by molar-refractivity contribution is -0.139. The predicted octanol–water partition coefficient (Wildman–Crippen LogP) is 3.72. The highest BCUT2D eigenvalue weighted by atomic mass is 16.5. The van der Waals surface area contributed by atoms with Crippen molar-refractivity contribution >= 4 is 12.0 Å². The molecular weight excluding hydrogens is 440 g/mol. The fourth-order valence-electron chi connectivity index (χ4n) is 4.90. The molecule has 2 aromatic rings. The van der Waals surface area contributed by atoms with Crippen LogP contribution in [0.1, 0.15) is 36.6 Å². The summed E-state index contributed by atoms with van der Waals surface area (Å²) in [5, 5.41) is 3.03. The number of benzene rings is 2. The first-order chi connectivity index (χ1) is 17.0. The molecule has 0 spiro atoms. The lowest BCUT2D eigenvalue weighted by Crippen LogP contribution is -2.53. The zero-order chi connectivity index (χ0) is 24.8. The van der Waals surface area contributed by atoms with Gasteiger partial charge in [0.15, 0.2) is 0 Å². The van der Waals surface area contributed by atoms with Crippen LogP contribution in [0.4, 0.5) is 4.79 Å². The van der Waals surface area contributed by atoms with Gasteiger partial charge >= 0.3 is 12.0 Å². The van der Waals surface area contributed by atoms with Crippen LogP contribution in [0.5, 0.6) is 0 Å². The highest BCUT2D eigenvalue weighted by Crippen LogP contribution is 2.32. The Morgan fingerprint density at radius 1 is 0.943 bits per heavy atom. The number of amides is 2.